The molecule has 0 saturated carbocycles. The average molecular weight is 286 g/mol. The fourth-order valence-corrected chi connectivity index (χ4v) is 3.26. The quantitative estimate of drug-likeness (QED) is 0.879. The van der Waals surface area contributed by atoms with Crippen molar-refractivity contribution in [1.82, 2.24) is 0 Å². The second-order valence-electron chi connectivity index (χ2n) is 4.02. The van der Waals surface area contributed by atoms with Crippen LogP contribution in [0, 0.1) is 6.92 Å². The van der Waals surface area contributed by atoms with Crippen molar-refractivity contribution < 1.29 is 0 Å². The van der Waals surface area contributed by atoms with E-state index in [1.807, 2.05) is 0 Å². The lowest BCUT2D eigenvalue weighted by Gasteiger charge is -2.24. The summed E-state index contributed by atoms with van der Waals surface area (Å²) in [4.78, 5) is 0. The maximum Gasteiger partial charge on any atom is 0.0383 e. The number of hydrogen-bond donors (Lipinski definition) is 1. The van der Waals surface area contributed by atoms with Gasteiger partial charge in [-0.25, -0.2) is 0 Å². The van der Waals surface area contributed by atoms with Gasteiger partial charge in [-0.15, -0.1) is 0 Å². The van der Waals surface area contributed by atoms with E-state index in [-0.39, 0.29) is 0 Å². The minimum atomic E-state index is 0.650. The van der Waals surface area contributed by atoms with E-state index in [0.717, 1.165) is 4.47 Å². The lowest BCUT2D eigenvalue weighted by atomic mass is 10.1. The first-order valence-electron chi connectivity index (χ1n) is 5.36. The van der Waals surface area contributed by atoms with Gasteiger partial charge in [-0.2, -0.15) is 11.8 Å². The summed E-state index contributed by atoms with van der Waals surface area (Å²) in [5.41, 5.74) is 2.60. The Hall–Kier alpha value is -0.150. The molecule has 1 aliphatic heterocycles. The van der Waals surface area contributed by atoms with Gasteiger partial charge in [0.1, 0.15) is 0 Å². The largest absolute Gasteiger partial charge is 0.381 e. The molecule has 0 aliphatic carbocycles. The highest BCUT2D eigenvalue weighted by Gasteiger charge is 2.13. The van der Waals surface area contributed by atoms with Crippen molar-refractivity contribution >= 4 is 33.4 Å². The molecule has 1 aliphatic rings. The van der Waals surface area contributed by atoms with Crippen molar-refractivity contribution in [2.24, 2.45) is 0 Å². The Morgan fingerprint density at radius 1 is 1.47 bits per heavy atom. The summed E-state index contributed by atoms with van der Waals surface area (Å²) in [6.07, 6.45) is 2.65. The summed E-state index contributed by atoms with van der Waals surface area (Å²) < 4.78 is 1.15. The molecule has 0 spiro atoms. The average Bonchev–Trinajstić information content (AvgIpc) is 2.25. The van der Waals surface area contributed by atoms with Gasteiger partial charge in [-0.1, -0.05) is 22.0 Å². The minimum absolute atomic E-state index is 0.650. The monoisotopic (exact) mass is 285 g/mol. The predicted molar refractivity (Wildman–Crippen MR) is 72.8 cm³/mol. The zero-order valence-electron chi connectivity index (χ0n) is 8.92. The van der Waals surface area contributed by atoms with Gasteiger partial charge in [0.2, 0.25) is 0 Å². The molecule has 1 fully saturated rings. The molecular weight excluding hydrogens is 270 g/mol. The molecule has 0 radical (unpaired) electrons. The third-order valence-electron chi connectivity index (χ3n) is 2.72. The second-order valence-corrected chi connectivity index (χ2v) is 6.08. The van der Waals surface area contributed by atoms with Gasteiger partial charge in [0.05, 0.1) is 0 Å². The van der Waals surface area contributed by atoms with Crippen LogP contribution in [0.1, 0.15) is 18.4 Å². The van der Waals surface area contributed by atoms with Crippen LogP contribution in [0.15, 0.2) is 22.7 Å². The Balaban J connectivity index is 2.05. The number of halogens is 1. The Bertz CT molecular complexity index is 334. The first-order chi connectivity index (χ1) is 7.25. The van der Waals surface area contributed by atoms with Gasteiger partial charge in [-0.3, -0.25) is 0 Å². The highest BCUT2D eigenvalue weighted by Crippen LogP contribution is 2.25. The summed E-state index contributed by atoms with van der Waals surface area (Å²) in [6.45, 7) is 2.16. The standard InChI is InChI=1S/C12H16BrNS/c1-9-4-5-10(13)7-12(9)14-11-3-2-6-15-8-11/h4-5,7,11,14H,2-3,6,8H2,1H3/t11-/m1/s1. The Labute approximate surface area is 104 Å². The van der Waals surface area contributed by atoms with E-state index in [1.165, 1.54) is 35.6 Å². The number of rotatable bonds is 2. The lowest BCUT2D eigenvalue weighted by molar-refractivity contribution is 0.684. The number of nitrogens with one attached hydrogen (secondary N) is 1. The first-order valence-corrected chi connectivity index (χ1v) is 7.31. The molecule has 1 nitrogen and oxygen atoms in total. The van der Waals surface area contributed by atoms with E-state index in [4.69, 9.17) is 0 Å². The van der Waals surface area contributed by atoms with E-state index in [0.29, 0.717) is 6.04 Å². The number of thioether (sulfide) groups is 1. The zero-order valence-corrected chi connectivity index (χ0v) is 11.3. The Morgan fingerprint density at radius 3 is 3.07 bits per heavy atom. The molecule has 1 aromatic carbocycles. The van der Waals surface area contributed by atoms with Crippen LogP contribution in [0.2, 0.25) is 0 Å². The van der Waals surface area contributed by atoms with Crippen LogP contribution in [0.5, 0.6) is 0 Å². The minimum Gasteiger partial charge on any atom is -0.381 e. The van der Waals surface area contributed by atoms with E-state index < -0.39 is 0 Å². The van der Waals surface area contributed by atoms with Crippen LogP contribution in [0.4, 0.5) is 5.69 Å². The third kappa shape index (κ3) is 3.15. The van der Waals surface area contributed by atoms with Gasteiger partial charge in [0.15, 0.2) is 0 Å². The normalized spacial score (nSPS) is 21.3. The molecule has 2 rings (SSSR count). The van der Waals surface area contributed by atoms with Crippen LogP contribution in [0.3, 0.4) is 0 Å². The van der Waals surface area contributed by atoms with Gasteiger partial charge in [0, 0.05) is 22.0 Å². The van der Waals surface area contributed by atoms with Gasteiger partial charge >= 0.3 is 0 Å². The highest BCUT2D eigenvalue weighted by atomic mass is 79.9. The summed E-state index contributed by atoms with van der Waals surface area (Å²) in [6, 6.07) is 7.07. The van der Waals surface area contributed by atoms with E-state index in [9.17, 15) is 0 Å². The summed E-state index contributed by atoms with van der Waals surface area (Å²) >= 11 is 5.57. The molecule has 82 valence electrons. The molecule has 0 aromatic heterocycles. The van der Waals surface area contributed by atoms with E-state index >= 15 is 0 Å². The lowest BCUT2D eigenvalue weighted by Crippen LogP contribution is -2.26. The number of aryl methyl sites for hydroxylation is 1. The topological polar surface area (TPSA) is 12.0 Å². The van der Waals surface area contributed by atoms with Crippen molar-refractivity contribution in [3.63, 3.8) is 0 Å². The summed E-state index contributed by atoms with van der Waals surface area (Å²) in [5, 5.41) is 3.64. The fourth-order valence-electron chi connectivity index (χ4n) is 1.82. The first kappa shape index (κ1) is 11.3. The third-order valence-corrected chi connectivity index (χ3v) is 4.43. The number of anilines is 1. The molecule has 1 atom stereocenters. The summed E-state index contributed by atoms with van der Waals surface area (Å²) in [5.74, 6) is 2.57. The molecule has 0 bridgehead atoms. The SMILES string of the molecule is Cc1ccc(Br)cc1N[C@@H]1CCCSC1. The molecule has 1 N–H and O–H groups in total. The van der Waals surface area contributed by atoms with Crippen LogP contribution < -0.4 is 5.32 Å². The van der Waals surface area contributed by atoms with Crippen molar-refractivity contribution in [2.75, 3.05) is 16.8 Å². The fraction of sp³-hybridized carbons (Fsp3) is 0.500. The molecule has 0 amide bonds. The van der Waals surface area contributed by atoms with Gasteiger partial charge in [-0.05, 0) is 43.2 Å². The molecule has 1 saturated heterocycles. The predicted octanol–water partition coefficient (Wildman–Crippen LogP) is 4.07. The highest BCUT2D eigenvalue weighted by molar-refractivity contribution is 9.10. The second kappa shape index (κ2) is 5.26. The van der Waals surface area contributed by atoms with Crippen LogP contribution >= 0.6 is 27.7 Å². The molecule has 3 heteroatoms. The van der Waals surface area contributed by atoms with E-state index in [1.54, 1.807) is 0 Å². The van der Waals surface area contributed by atoms with Crippen molar-refractivity contribution in [1.29, 1.82) is 0 Å². The van der Waals surface area contributed by atoms with E-state index in [2.05, 4.69) is 58.1 Å². The molecule has 1 aromatic rings. The van der Waals surface area contributed by atoms with Gasteiger partial charge < -0.3 is 5.32 Å². The molecular formula is C12H16BrNS. The maximum atomic E-state index is 3.64. The van der Waals surface area contributed by atoms with Crippen molar-refractivity contribution in [2.45, 2.75) is 25.8 Å². The van der Waals surface area contributed by atoms with Crippen molar-refractivity contribution in [3.05, 3.63) is 28.2 Å². The van der Waals surface area contributed by atoms with Crippen LogP contribution in [-0.4, -0.2) is 17.5 Å². The zero-order chi connectivity index (χ0) is 10.7. The maximum absolute atomic E-state index is 3.64. The smallest absolute Gasteiger partial charge is 0.0383 e. The van der Waals surface area contributed by atoms with Crippen molar-refractivity contribution in [3.8, 4) is 0 Å². The molecule has 0 unspecified atom stereocenters. The molecule has 15 heavy (non-hydrogen) atoms. The van der Waals surface area contributed by atoms with Gasteiger partial charge in [0.25, 0.3) is 0 Å². The summed E-state index contributed by atoms with van der Waals surface area (Å²) in [7, 11) is 0. The van der Waals surface area contributed by atoms with Crippen LogP contribution in [-0.2, 0) is 0 Å². The number of benzene rings is 1. The molecule has 1 heterocycles. The Kier molecular flexibility index (Phi) is 3.98. The van der Waals surface area contributed by atoms with Crippen LogP contribution in [0.25, 0.3) is 0 Å². The Morgan fingerprint density at radius 2 is 2.33 bits per heavy atom. The number of hydrogen-bond acceptors (Lipinski definition) is 2.